The van der Waals surface area contributed by atoms with Gasteiger partial charge in [0.2, 0.25) is 0 Å². The van der Waals surface area contributed by atoms with Gasteiger partial charge in [-0.25, -0.2) is 4.39 Å². The van der Waals surface area contributed by atoms with Gasteiger partial charge in [0, 0.05) is 0 Å². The molecule has 2 aliphatic rings. The Kier molecular flexibility index (Phi) is 8.23. The average molecular weight is 373 g/mol. The molecule has 0 spiro atoms. The molecule has 2 aliphatic carbocycles. The molecule has 2 saturated carbocycles. The molecule has 0 N–H and O–H groups in total. The maximum absolute atomic E-state index is 12.3. The largest absolute Gasteiger partial charge is 0.494 e. The van der Waals surface area contributed by atoms with E-state index in [1.165, 1.54) is 69.8 Å². The Balaban J connectivity index is 1.35. The van der Waals surface area contributed by atoms with E-state index in [-0.39, 0.29) is 0 Å². The van der Waals surface area contributed by atoms with Gasteiger partial charge in [-0.3, -0.25) is 0 Å². The van der Waals surface area contributed by atoms with Crippen LogP contribution in [0.4, 0.5) is 4.39 Å². The van der Waals surface area contributed by atoms with Crippen molar-refractivity contribution in [2.75, 3.05) is 6.61 Å². The van der Waals surface area contributed by atoms with Gasteiger partial charge in [0.1, 0.15) is 5.75 Å². The van der Waals surface area contributed by atoms with E-state index in [0.29, 0.717) is 5.92 Å². The van der Waals surface area contributed by atoms with Crippen LogP contribution in [0.2, 0.25) is 0 Å². The van der Waals surface area contributed by atoms with Crippen molar-refractivity contribution in [2.24, 2.45) is 17.8 Å². The van der Waals surface area contributed by atoms with E-state index < -0.39 is 0 Å². The fourth-order valence-electron chi connectivity index (χ4n) is 5.08. The third-order valence-electron chi connectivity index (χ3n) is 6.89. The molecule has 1 aromatic carbocycles. The number of allylic oxidation sites excluding steroid dienone is 1. The van der Waals surface area contributed by atoms with Crippen LogP contribution in [0.25, 0.3) is 0 Å². The fourth-order valence-corrected chi connectivity index (χ4v) is 5.08. The van der Waals surface area contributed by atoms with Crippen LogP contribution in [-0.2, 0) is 0 Å². The number of benzene rings is 1. The van der Waals surface area contributed by atoms with Crippen LogP contribution in [0.5, 0.6) is 5.75 Å². The first-order valence-electron chi connectivity index (χ1n) is 11.3. The van der Waals surface area contributed by atoms with Gasteiger partial charge in [0.25, 0.3) is 0 Å². The van der Waals surface area contributed by atoms with Crippen molar-refractivity contribution >= 4 is 0 Å². The molecular weight excluding hydrogens is 335 g/mol. The first kappa shape index (κ1) is 20.4. The van der Waals surface area contributed by atoms with Crippen LogP contribution in [-0.4, -0.2) is 6.61 Å². The van der Waals surface area contributed by atoms with Gasteiger partial charge in [0.05, 0.1) is 12.9 Å². The van der Waals surface area contributed by atoms with E-state index in [2.05, 4.69) is 31.2 Å². The Morgan fingerprint density at radius 2 is 1.48 bits per heavy atom. The van der Waals surface area contributed by atoms with Gasteiger partial charge in [-0.2, -0.15) is 0 Å². The SMILES string of the molecule is CCCOc1ccc(C2CCC(CCC3CCC(C=CF)CC3)CC2)cc1. The lowest BCUT2D eigenvalue weighted by atomic mass is 9.74. The minimum atomic E-state index is 0.500. The molecule has 150 valence electrons. The molecule has 2 fully saturated rings. The lowest BCUT2D eigenvalue weighted by Gasteiger charge is -2.31. The third-order valence-corrected chi connectivity index (χ3v) is 6.89. The van der Waals surface area contributed by atoms with Crippen molar-refractivity contribution in [3.8, 4) is 5.75 Å². The van der Waals surface area contributed by atoms with Crippen molar-refractivity contribution in [3.05, 3.63) is 42.2 Å². The Morgan fingerprint density at radius 1 is 0.889 bits per heavy atom. The Labute approximate surface area is 165 Å². The van der Waals surface area contributed by atoms with Crippen molar-refractivity contribution < 1.29 is 9.13 Å². The Morgan fingerprint density at radius 3 is 2.04 bits per heavy atom. The Hall–Kier alpha value is -1.31. The van der Waals surface area contributed by atoms with Crippen LogP contribution >= 0.6 is 0 Å². The van der Waals surface area contributed by atoms with E-state index in [0.717, 1.165) is 42.9 Å². The molecule has 27 heavy (non-hydrogen) atoms. The summed E-state index contributed by atoms with van der Waals surface area (Å²) in [6.45, 7) is 2.94. The van der Waals surface area contributed by atoms with Crippen molar-refractivity contribution in [1.29, 1.82) is 0 Å². The lowest BCUT2D eigenvalue weighted by molar-refractivity contribution is 0.245. The molecular formula is C25H37FO. The summed E-state index contributed by atoms with van der Waals surface area (Å²) in [5, 5.41) is 0. The van der Waals surface area contributed by atoms with Crippen LogP contribution in [0, 0.1) is 17.8 Å². The monoisotopic (exact) mass is 372 g/mol. The summed E-state index contributed by atoms with van der Waals surface area (Å²) in [6, 6.07) is 8.84. The first-order valence-corrected chi connectivity index (χ1v) is 11.3. The van der Waals surface area contributed by atoms with Gasteiger partial charge >= 0.3 is 0 Å². The summed E-state index contributed by atoms with van der Waals surface area (Å²) in [4.78, 5) is 0. The number of hydrogen-bond donors (Lipinski definition) is 0. The summed E-state index contributed by atoms with van der Waals surface area (Å²) in [5.41, 5.74) is 1.50. The smallest absolute Gasteiger partial charge is 0.119 e. The minimum Gasteiger partial charge on any atom is -0.494 e. The van der Waals surface area contributed by atoms with Gasteiger partial charge in [0.15, 0.2) is 0 Å². The topological polar surface area (TPSA) is 9.23 Å². The van der Waals surface area contributed by atoms with E-state index in [1.807, 2.05) is 0 Å². The molecule has 0 atom stereocenters. The average Bonchev–Trinajstić information content (AvgIpc) is 2.73. The van der Waals surface area contributed by atoms with Crippen molar-refractivity contribution in [2.45, 2.75) is 83.5 Å². The van der Waals surface area contributed by atoms with Crippen molar-refractivity contribution in [3.63, 3.8) is 0 Å². The predicted molar refractivity (Wildman–Crippen MR) is 112 cm³/mol. The zero-order chi connectivity index (χ0) is 18.9. The van der Waals surface area contributed by atoms with E-state index in [4.69, 9.17) is 4.74 Å². The van der Waals surface area contributed by atoms with Gasteiger partial charge in [-0.15, -0.1) is 0 Å². The zero-order valence-corrected chi connectivity index (χ0v) is 17.0. The summed E-state index contributed by atoms with van der Waals surface area (Å²) in [5.74, 6) is 4.07. The summed E-state index contributed by atoms with van der Waals surface area (Å²) >= 11 is 0. The molecule has 1 aromatic rings. The molecule has 1 nitrogen and oxygen atoms in total. The van der Waals surface area contributed by atoms with Gasteiger partial charge < -0.3 is 4.74 Å². The highest BCUT2D eigenvalue weighted by atomic mass is 19.1. The molecule has 0 amide bonds. The molecule has 0 aromatic heterocycles. The summed E-state index contributed by atoms with van der Waals surface area (Å²) in [6.07, 6.45) is 16.8. The third kappa shape index (κ3) is 6.36. The highest BCUT2D eigenvalue weighted by Gasteiger charge is 2.25. The van der Waals surface area contributed by atoms with Gasteiger partial charge in [-0.1, -0.05) is 38.0 Å². The number of halogens is 1. The maximum atomic E-state index is 12.3. The first-order chi connectivity index (χ1) is 13.3. The molecule has 0 radical (unpaired) electrons. The maximum Gasteiger partial charge on any atom is 0.119 e. The number of hydrogen-bond acceptors (Lipinski definition) is 1. The van der Waals surface area contributed by atoms with E-state index in [9.17, 15) is 4.39 Å². The van der Waals surface area contributed by atoms with E-state index in [1.54, 1.807) is 6.08 Å². The van der Waals surface area contributed by atoms with Crippen LogP contribution in [0.3, 0.4) is 0 Å². The minimum absolute atomic E-state index is 0.500. The second-order valence-electron chi connectivity index (χ2n) is 8.81. The second-order valence-corrected chi connectivity index (χ2v) is 8.81. The predicted octanol–water partition coefficient (Wildman–Crippen LogP) is 7.82. The van der Waals surface area contributed by atoms with Crippen LogP contribution in [0.1, 0.15) is 89.0 Å². The Bertz CT molecular complexity index is 548. The fraction of sp³-hybridized carbons (Fsp3) is 0.680. The quantitative estimate of drug-likeness (QED) is 0.452. The van der Waals surface area contributed by atoms with Crippen molar-refractivity contribution in [1.82, 2.24) is 0 Å². The molecule has 0 heterocycles. The lowest BCUT2D eigenvalue weighted by Crippen LogP contribution is -2.17. The molecule has 2 heteroatoms. The normalized spacial score (nSPS) is 29.1. The molecule has 0 aliphatic heterocycles. The highest BCUT2D eigenvalue weighted by Crippen LogP contribution is 2.40. The molecule has 0 saturated heterocycles. The highest BCUT2D eigenvalue weighted by molar-refractivity contribution is 5.29. The second kappa shape index (κ2) is 10.9. The van der Waals surface area contributed by atoms with Crippen LogP contribution in [0.15, 0.2) is 36.7 Å². The summed E-state index contributed by atoms with van der Waals surface area (Å²) < 4.78 is 18.0. The van der Waals surface area contributed by atoms with E-state index >= 15 is 0 Å². The number of ether oxygens (including phenoxy) is 1. The van der Waals surface area contributed by atoms with Crippen LogP contribution < -0.4 is 4.74 Å². The molecule has 0 unspecified atom stereocenters. The molecule has 0 bridgehead atoms. The summed E-state index contributed by atoms with van der Waals surface area (Å²) in [7, 11) is 0. The zero-order valence-electron chi connectivity index (χ0n) is 17.0. The molecule has 3 rings (SSSR count). The van der Waals surface area contributed by atoms with Gasteiger partial charge in [-0.05, 0) is 99.2 Å². The standard InChI is InChI=1S/C25H37FO/c1-2-19-27-25-15-13-24(14-16-25)23-11-9-21(10-12-23)4-3-20-5-7-22(8-6-20)17-18-26/h13-18,20-23H,2-12,19H2,1H3. The number of rotatable bonds is 8.